The number of benzene rings is 1. The van der Waals surface area contributed by atoms with Gasteiger partial charge < -0.3 is 4.74 Å². The fourth-order valence-electron chi connectivity index (χ4n) is 2.17. The van der Waals surface area contributed by atoms with Crippen LogP contribution >= 0.6 is 11.6 Å². The molecule has 0 saturated carbocycles. The first-order valence-electron chi connectivity index (χ1n) is 6.13. The zero-order valence-electron chi connectivity index (χ0n) is 11.1. The van der Waals surface area contributed by atoms with Crippen LogP contribution in [-0.2, 0) is 20.6 Å². The molecule has 106 valence electrons. The lowest BCUT2D eigenvalue weighted by atomic mass is 10.1. The molecule has 1 aliphatic rings. The normalized spacial score (nSPS) is 20.4. The van der Waals surface area contributed by atoms with E-state index in [2.05, 4.69) is 0 Å². The van der Waals surface area contributed by atoms with Gasteiger partial charge in [0.15, 0.2) is 0 Å². The van der Waals surface area contributed by atoms with Crippen LogP contribution in [0.2, 0.25) is 0 Å². The SMILES string of the molecule is CC1(C)COCCN1S(=O)(=O)c1ccc(CCl)cc1. The Hall–Kier alpha value is -0.620. The van der Waals surface area contributed by atoms with Gasteiger partial charge in [-0.2, -0.15) is 4.31 Å². The van der Waals surface area contributed by atoms with Crippen molar-refractivity contribution in [1.82, 2.24) is 4.31 Å². The summed E-state index contributed by atoms with van der Waals surface area (Å²) in [4.78, 5) is 0.302. The molecular weight excluding hydrogens is 286 g/mol. The van der Waals surface area contributed by atoms with Gasteiger partial charge in [-0.05, 0) is 31.5 Å². The molecule has 0 spiro atoms. The second-order valence-electron chi connectivity index (χ2n) is 5.22. The summed E-state index contributed by atoms with van der Waals surface area (Å²) in [5.41, 5.74) is 0.379. The Labute approximate surface area is 119 Å². The van der Waals surface area contributed by atoms with Crippen molar-refractivity contribution in [3.63, 3.8) is 0 Å². The molecule has 0 unspecified atom stereocenters. The molecule has 0 aliphatic carbocycles. The van der Waals surface area contributed by atoms with Crippen LogP contribution in [0.1, 0.15) is 19.4 Å². The lowest BCUT2D eigenvalue weighted by Crippen LogP contribution is -2.55. The number of rotatable bonds is 3. The molecule has 1 aromatic carbocycles. The van der Waals surface area contributed by atoms with Crippen molar-refractivity contribution in [3.8, 4) is 0 Å². The first-order valence-corrected chi connectivity index (χ1v) is 8.11. The Morgan fingerprint density at radius 1 is 1.32 bits per heavy atom. The second kappa shape index (κ2) is 5.40. The number of halogens is 1. The van der Waals surface area contributed by atoms with Crippen LogP contribution in [-0.4, -0.2) is 38.0 Å². The van der Waals surface area contributed by atoms with Crippen molar-refractivity contribution < 1.29 is 13.2 Å². The van der Waals surface area contributed by atoms with Crippen molar-refractivity contribution in [1.29, 1.82) is 0 Å². The second-order valence-corrected chi connectivity index (χ2v) is 7.35. The van der Waals surface area contributed by atoms with E-state index in [0.29, 0.717) is 30.5 Å². The first-order chi connectivity index (χ1) is 8.88. The maximum absolute atomic E-state index is 12.6. The van der Waals surface area contributed by atoms with E-state index < -0.39 is 15.6 Å². The standard InChI is InChI=1S/C13H18ClNO3S/c1-13(2)10-18-8-7-15(13)19(16,17)12-5-3-11(9-14)4-6-12/h3-6H,7-10H2,1-2H3. The lowest BCUT2D eigenvalue weighted by Gasteiger charge is -2.40. The average molecular weight is 304 g/mol. The summed E-state index contributed by atoms with van der Waals surface area (Å²) < 4.78 is 32.2. The molecule has 0 atom stereocenters. The number of ether oxygens (including phenoxy) is 1. The summed E-state index contributed by atoms with van der Waals surface area (Å²) in [7, 11) is -3.48. The first kappa shape index (κ1) is 14.8. The fourth-order valence-corrected chi connectivity index (χ4v) is 4.10. The minimum absolute atomic E-state index is 0.302. The molecule has 0 aromatic heterocycles. The molecule has 0 N–H and O–H groups in total. The molecule has 1 heterocycles. The average Bonchev–Trinajstić information content (AvgIpc) is 2.38. The van der Waals surface area contributed by atoms with Crippen molar-refractivity contribution in [2.24, 2.45) is 0 Å². The molecule has 0 radical (unpaired) electrons. The fraction of sp³-hybridized carbons (Fsp3) is 0.538. The summed E-state index contributed by atoms with van der Waals surface area (Å²) in [6.45, 7) is 4.97. The highest BCUT2D eigenvalue weighted by atomic mass is 35.5. The van der Waals surface area contributed by atoms with Crippen LogP contribution in [0.25, 0.3) is 0 Å². The van der Waals surface area contributed by atoms with E-state index in [4.69, 9.17) is 16.3 Å². The molecule has 1 saturated heterocycles. The largest absolute Gasteiger partial charge is 0.378 e. The van der Waals surface area contributed by atoms with Crippen LogP contribution < -0.4 is 0 Å². The Kier molecular flexibility index (Phi) is 4.20. The Balaban J connectivity index is 2.35. The predicted octanol–water partition coefficient (Wildman–Crippen LogP) is 2.22. The summed E-state index contributed by atoms with van der Waals surface area (Å²) >= 11 is 5.71. The quantitative estimate of drug-likeness (QED) is 0.805. The molecule has 19 heavy (non-hydrogen) atoms. The number of hydrogen-bond donors (Lipinski definition) is 0. The Morgan fingerprint density at radius 2 is 1.95 bits per heavy atom. The molecule has 4 nitrogen and oxygen atoms in total. The van der Waals surface area contributed by atoms with Gasteiger partial charge in [-0.15, -0.1) is 11.6 Å². The van der Waals surface area contributed by atoms with Crippen LogP contribution in [0.5, 0.6) is 0 Å². The van der Waals surface area contributed by atoms with E-state index >= 15 is 0 Å². The third kappa shape index (κ3) is 2.94. The van der Waals surface area contributed by atoms with E-state index in [1.54, 1.807) is 24.3 Å². The van der Waals surface area contributed by atoms with Gasteiger partial charge in [-0.3, -0.25) is 0 Å². The highest BCUT2D eigenvalue weighted by molar-refractivity contribution is 7.89. The van der Waals surface area contributed by atoms with Gasteiger partial charge in [-0.1, -0.05) is 12.1 Å². The van der Waals surface area contributed by atoms with Gasteiger partial charge in [-0.25, -0.2) is 8.42 Å². The highest BCUT2D eigenvalue weighted by Crippen LogP contribution is 2.27. The molecule has 6 heteroatoms. The maximum Gasteiger partial charge on any atom is 0.243 e. The topological polar surface area (TPSA) is 46.6 Å². The van der Waals surface area contributed by atoms with Gasteiger partial charge in [0.1, 0.15) is 0 Å². The van der Waals surface area contributed by atoms with Crippen molar-refractivity contribution in [2.75, 3.05) is 19.8 Å². The Bertz CT molecular complexity index is 540. The third-order valence-corrected chi connectivity index (χ3v) is 5.67. The number of sulfonamides is 1. The number of hydrogen-bond acceptors (Lipinski definition) is 3. The summed E-state index contributed by atoms with van der Waals surface area (Å²) in [5, 5.41) is 0. The van der Waals surface area contributed by atoms with Gasteiger partial charge >= 0.3 is 0 Å². The van der Waals surface area contributed by atoms with Gasteiger partial charge in [0, 0.05) is 12.4 Å². The number of morpholine rings is 1. The van der Waals surface area contributed by atoms with E-state index in [9.17, 15) is 8.42 Å². The molecule has 1 fully saturated rings. The summed E-state index contributed by atoms with van der Waals surface area (Å²) in [6, 6.07) is 6.71. The molecule has 1 aromatic rings. The van der Waals surface area contributed by atoms with Crippen molar-refractivity contribution in [2.45, 2.75) is 30.2 Å². The lowest BCUT2D eigenvalue weighted by molar-refractivity contribution is -0.00770. The van der Waals surface area contributed by atoms with E-state index in [1.165, 1.54) is 4.31 Å². The van der Waals surface area contributed by atoms with Crippen LogP contribution in [0.15, 0.2) is 29.2 Å². The minimum atomic E-state index is -3.48. The van der Waals surface area contributed by atoms with E-state index in [0.717, 1.165) is 5.56 Å². The van der Waals surface area contributed by atoms with Crippen molar-refractivity contribution in [3.05, 3.63) is 29.8 Å². The summed E-state index contributed by atoms with van der Waals surface area (Å²) in [5.74, 6) is 0.378. The zero-order valence-corrected chi connectivity index (χ0v) is 12.7. The van der Waals surface area contributed by atoms with Crippen LogP contribution in [0.3, 0.4) is 0 Å². The highest BCUT2D eigenvalue weighted by Gasteiger charge is 2.39. The van der Waals surface area contributed by atoms with E-state index in [-0.39, 0.29) is 0 Å². The smallest absolute Gasteiger partial charge is 0.243 e. The van der Waals surface area contributed by atoms with Crippen LogP contribution in [0, 0.1) is 0 Å². The minimum Gasteiger partial charge on any atom is -0.378 e. The third-order valence-electron chi connectivity index (χ3n) is 3.23. The van der Waals surface area contributed by atoms with E-state index in [1.807, 2.05) is 13.8 Å². The van der Waals surface area contributed by atoms with Gasteiger partial charge in [0.05, 0.1) is 23.6 Å². The molecular formula is C13H18ClNO3S. The van der Waals surface area contributed by atoms with Gasteiger partial charge in [0.25, 0.3) is 0 Å². The van der Waals surface area contributed by atoms with Gasteiger partial charge in [0.2, 0.25) is 10.0 Å². The summed E-state index contributed by atoms with van der Waals surface area (Å²) in [6.07, 6.45) is 0. The molecule has 0 bridgehead atoms. The Morgan fingerprint density at radius 3 is 2.47 bits per heavy atom. The predicted molar refractivity (Wildman–Crippen MR) is 74.8 cm³/mol. The number of alkyl halides is 1. The van der Waals surface area contributed by atoms with Crippen LogP contribution in [0.4, 0.5) is 0 Å². The van der Waals surface area contributed by atoms with Crippen molar-refractivity contribution >= 4 is 21.6 Å². The monoisotopic (exact) mass is 303 g/mol. The zero-order chi connectivity index (χ0) is 14.1. The molecule has 1 aliphatic heterocycles. The molecule has 0 amide bonds. The number of nitrogens with zero attached hydrogens (tertiary/aromatic N) is 1. The molecule has 2 rings (SSSR count). The maximum atomic E-state index is 12.6.